The van der Waals surface area contributed by atoms with Gasteiger partial charge in [-0.1, -0.05) is 13.3 Å². The van der Waals surface area contributed by atoms with Gasteiger partial charge in [-0.25, -0.2) is 0 Å². The molecule has 1 N–H and O–H groups in total. The van der Waals surface area contributed by atoms with Gasteiger partial charge in [0.05, 0.1) is 5.56 Å². The van der Waals surface area contributed by atoms with Crippen molar-refractivity contribution in [2.45, 2.75) is 38.6 Å². The van der Waals surface area contributed by atoms with Crippen LogP contribution in [0.2, 0.25) is 0 Å². The predicted octanol–water partition coefficient (Wildman–Crippen LogP) is 2.08. The summed E-state index contributed by atoms with van der Waals surface area (Å²) < 4.78 is 0. The van der Waals surface area contributed by atoms with E-state index in [2.05, 4.69) is 17.2 Å². The average molecular weight is 261 g/mol. The maximum atomic E-state index is 12.5. The minimum absolute atomic E-state index is 0.107. The maximum absolute atomic E-state index is 12.5. The zero-order valence-electron chi connectivity index (χ0n) is 11.6. The number of nitrogens with zero attached hydrogens (tertiary/aromatic N) is 2. The third-order valence-corrected chi connectivity index (χ3v) is 3.58. The van der Waals surface area contributed by atoms with Crippen LogP contribution < -0.4 is 5.32 Å². The van der Waals surface area contributed by atoms with Crippen molar-refractivity contribution in [3.05, 3.63) is 30.1 Å². The fraction of sp³-hybridized carbons (Fsp3) is 0.600. The minimum atomic E-state index is 0.107. The Kier molecular flexibility index (Phi) is 5.33. The molecule has 0 aromatic carbocycles. The second-order valence-corrected chi connectivity index (χ2v) is 5.14. The molecule has 104 valence electrons. The molecular weight excluding hydrogens is 238 g/mol. The normalized spacial score (nSPS) is 18.5. The summed E-state index contributed by atoms with van der Waals surface area (Å²) in [6, 6.07) is 4.12. The molecule has 2 rings (SSSR count). The molecule has 2 heterocycles. The number of aromatic nitrogens is 1. The summed E-state index contributed by atoms with van der Waals surface area (Å²) >= 11 is 0. The Morgan fingerprint density at radius 1 is 1.58 bits per heavy atom. The first-order chi connectivity index (χ1) is 9.31. The number of nitrogens with one attached hydrogen (secondary N) is 1. The zero-order valence-corrected chi connectivity index (χ0v) is 11.6. The lowest BCUT2D eigenvalue weighted by molar-refractivity contribution is 0.0739. The standard InChI is InChI=1S/C15H23N3O/c1-2-3-10-18(12-14-7-5-9-17-14)15(19)13-6-4-8-16-11-13/h4,6,8,11,14,17H,2-3,5,7,9-10,12H2,1H3. The summed E-state index contributed by atoms with van der Waals surface area (Å²) in [6.45, 7) is 4.88. The Morgan fingerprint density at radius 2 is 2.47 bits per heavy atom. The Balaban J connectivity index is 2.01. The largest absolute Gasteiger partial charge is 0.337 e. The Bertz CT molecular complexity index is 388. The molecule has 1 fully saturated rings. The number of pyridine rings is 1. The molecule has 1 amide bonds. The van der Waals surface area contributed by atoms with Crippen molar-refractivity contribution in [1.82, 2.24) is 15.2 Å². The van der Waals surface area contributed by atoms with Crippen molar-refractivity contribution in [2.24, 2.45) is 0 Å². The third kappa shape index (κ3) is 4.03. The molecule has 0 radical (unpaired) electrons. The Hall–Kier alpha value is -1.42. The van der Waals surface area contributed by atoms with E-state index in [0.717, 1.165) is 32.5 Å². The fourth-order valence-corrected chi connectivity index (χ4v) is 2.48. The molecule has 1 aromatic heterocycles. The van der Waals surface area contributed by atoms with Crippen LogP contribution in [0.4, 0.5) is 0 Å². The summed E-state index contributed by atoms with van der Waals surface area (Å²) in [5.74, 6) is 0.107. The summed E-state index contributed by atoms with van der Waals surface area (Å²) in [6.07, 6.45) is 7.90. The summed E-state index contributed by atoms with van der Waals surface area (Å²) in [7, 11) is 0. The molecule has 1 atom stereocenters. The Labute approximate surface area is 115 Å². The highest BCUT2D eigenvalue weighted by molar-refractivity contribution is 5.93. The van der Waals surface area contributed by atoms with Gasteiger partial charge in [0, 0.05) is 31.5 Å². The number of hydrogen-bond donors (Lipinski definition) is 1. The second-order valence-electron chi connectivity index (χ2n) is 5.14. The van der Waals surface area contributed by atoms with Crippen molar-refractivity contribution in [3.63, 3.8) is 0 Å². The fourth-order valence-electron chi connectivity index (χ4n) is 2.48. The van der Waals surface area contributed by atoms with Gasteiger partial charge >= 0.3 is 0 Å². The molecule has 1 saturated heterocycles. The number of unbranched alkanes of at least 4 members (excludes halogenated alkanes) is 1. The van der Waals surface area contributed by atoms with Gasteiger partial charge in [0.15, 0.2) is 0 Å². The van der Waals surface area contributed by atoms with Crippen LogP contribution in [0.15, 0.2) is 24.5 Å². The van der Waals surface area contributed by atoms with Gasteiger partial charge < -0.3 is 10.2 Å². The summed E-state index contributed by atoms with van der Waals surface area (Å²) in [5, 5.41) is 3.46. The quantitative estimate of drug-likeness (QED) is 0.852. The summed E-state index contributed by atoms with van der Waals surface area (Å²) in [4.78, 5) is 18.5. The lowest BCUT2D eigenvalue weighted by atomic mass is 10.1. The molecule has 0 saturated carbocycles. The molecule has 1 aliphatic heterocycles. The monoisotopic (exact) mass is 261 g/mol. The number of carbonyl (C=O) groups excluding carboxylic acids is 1. The van der Waals surface area contributed by atoms with Crippen LogP contribution in [0, 0.1) is 0 Å². The molecule has 4 nitrogen and oxygen atoms in total. The Morgan fingerprint density at radius 3 is 3.11 bits per heavy atom. The van der Waals surface area contributed by atoms with Gasteiger partial charge in [0.1, 0.15) is 0 Å². The van der Waals surface area contributed by atoms with Crippen LogP contribution >= 0.6 is 0 Å². The molecule has 1 unspecified atom stereocenters. The van der Waals surface area contributed by atoms with E-state index in [1.54, 1.807) is 12.4 Å². The lowest BCUT2D eigenvalue weighted by Crippen LogP contribution is -2.41. The number of hydrogen-bond acceptors (Lipinski definition) is 3. The van der Waals surface area contributed by atoms with E-state index in [1.807, 2.05) is 17.0 Å². The van der Waals surface area contributed by atoms with Crippen molar-refractivity contribution in [3.8, 4) is 0 Å². The van der Waals surface area contributed by atoms with Crippen LogP contribution in [0.5, 0.6) is 0 Å². The van der Waals surface area contributed by atoms with Gasteiger partial charge in [0.2, 0.25) is 0 Å². The van der Waals surface area contributed by atoms with Crippen LogP contribution in [0.3, 0.4) is 0 Å². The van der Waals surface area contributed by atoms with E-state index in [9.17, 15) is 4.79 Å². The van der Waals surface area contributed by atoms with Gasteiger partial charge in [-0.2, -0.15) is 0 Å². The van der Waals surface area contributed by atoms with Crippen LogP contribution in [-0.4, -0.2) is 41.5 Å². The lowest BCUT2D eigenvalue weighted by Gasteiger charge is -2.25. The highest BCUT2D eigenvalue weighted by Gasteiger charge is 2.22. The van der Waals surface area contributed by atoms with Crippen LogP contribution in [0.1, 0.15) is 43.0 Å². The third-order valence-electron chi connectivity index (χ3n) is 3.58. The van der Waals surface area contributed by atoms with Gasteiger partial charge in [-0.05, 0) is 37.9 Å². The predicted molar refractivity (Wildman–Crippen MR) is 76.1 cm³/mol. The van der Waals surface area contributed by atoms with Crippen molar-refractivity contribution in [2.75, 3.05) is 19.6 Å². The molecule has 0 bridgehead atoms. The van der Waals surface area contributed by atoms with Gasteiger partial charge in [0.25, 0.3) is 5.91 Å². The highest BCUT2D eigenvalue weighted by atomic mass is 16.2. The summed E-state index contributed by atoms with van der Waals surface area (Å²) in [5.41, 5.74) is 0.691. The van der Waals surface area contributed by atoms with Crippen LogP contribution in [-0.2, 0) is 0 Å². The van der Waals surface area contributed by atoms with E-state index >= 15 is 0 Å². The first kappa shape index (κ1) is 14.0. The van der Waals surface area contributed by atoms with Crippen molar-refractivity contribution >= 4 is 5.91 Å². The molecule has 1 aliphatic rings. The molecular formula is C15H23N3O. The number of carbonyl (C=O) groups is 1. The zero-order chi connectivity index (χ0) is 13.5. The maximum Gasteiger partial charge on any atom is 0.255 e. The molecule has 19 heavy (non-hydrogen) atoms. The molecule has 0 spiro atoms. The van der Waals surface area contributed by atoms with E-state index in [0.29, 0.717) is 11.6 Å². The number of amides is 1. The molecule has 4 heteroatoms. The first-order valence-corrected chi connectivity index (χ1v) is 7.24. The topological polar surface area (TPSA) is 45.2 Å². The average Bonchev–Trinajstić information content (AvgIpc) is 2.96. The minimum Gasteiger partial charge on any atom is -0.337 e. The van der Waals surface area contributed by atoms with Crippen molar-refractivity contribution < 1.29 is 4.79 Å². The molecule has 0 aliphatic carbocycles. The smallest absolute Gasteiger partial charge is 0.255 e. The van der Waals surface area contributed by atoms with E-state index < -0.39 is 0 Å². The molecule has 1 aromatic rings. The van der Waals surface area contributed by atoms with Gasteiger partial charge in [-0.15, -0.1) is 0 Å². The van der Waals surface area contributed by atoms with Gasteiger partial charge in [-0.3, -0.25) is 9.78 Å². The number of rotatable bonds is 6. The van der Waals surface area contributed by atoms with Crippen molar-refractivity contribution in [1.29, 1.82) is 0 Å². The van der Waals surface area contributed by atoms with E-state index in [-0.39, 0.29) is 5.91 Å². The second kappa shape index (κ2) is 7.24. The van der Waals surface area contributed by atoms with E-state index in [4.69, 9.17) is 0 Å². The van der Waals surface area contributed by atoms with E-state index in [1.165, 1.54) is 12.8 Å². The van der Waals surface area contributed by atoms with Crippen LogP contribution in [0.25, 0.3) is 0 Å². The SMILES string of the molecule is CCCCN(CC1CCCN1)C(=O)c1cccnc1. The highest BCUT2D eigenvalue weighted by Crippen LogP contribution is 2.11. The first-order valence-electron chi connectivity index (χ1n) is 7.24.